The van der Waals surface area contributed by atoms with Gasteiger partial charge in [-0.15, -0.1) is 10.2 Å². The number of nitrogens with one attached hydrogen (secondary N) is 1. The average molecular weight is 543 g/mol. The van der Waals surface area contributed by atoms with Gasteiger partial charge in [0.25, 0.3) is 15.6 Å². The van der Waals surface area contributed by atoms with E-state index in [1.807, 2.05) is 0 Å². The Kier molecular flexibility index (Phi) is 6.20. The molecule has 0 fully saturated rings. The van der Waals surface area contributed by atoms with Gasteiger partial charge in [0.2, 0.25) is 5.13 Å². The number of hydrogen-bond donors (Lipinski definition) is 1. The topological polar surface area (TPSA) is 103 Å². The summed E-state index contributed by atoms with van der Waals surface area (Å²) in [5.41, 5.74) is 2.90. The number of ether oxygens (including phenoxy) is 1. The summed E-state index contributed by atoms with van der Waals surface area (Å²) in [6, 6.07) is 16.4. The zero-order valence-electron chi connectivity index (χ0n) is 18.5. The second-order valence-corrected chi connectivity index (χ2v) is 10.5. The number of methoxy groups -OCH3 is 1. The molecule has 0 aliphatic rings. The van der Waals surface area contributed by atoms with Gasteiger partial charge >= 0.3 is 0 Å². The van der Waals surface area contributed by atoms with Crippen LogP contribution in [0.1, 0.15) is 0 Å². The smallest absolute Gasteiger partial charge is 0.263 e. The molecule has 0 spiro atoms. The monoisotopic (exact) mass is 542 g/mol. The van der Waals surface area contributed by atoms with Gasteiger partial charge in [-0.05, 0) is 54.1 Å². The first-order valence-corrected chi connectivity index (χ1v) is 13.1. The third-order valence-electron chi connectivity index (χ3n) is 5.40. The van der Waals surface area contributed by atoms with Crippen molar-refractivity contribution in [2.75, 3.05) is 11.8 Å². The van der Waals surface area contributed by atoms with E-state index in [-0.39, 0.29) is 20.6 Å². The van der Waals surface area contributed by atoms with E-state index >= 15 is 0 Å². The van der Waals surface area contributed by atoms with E-state index in [9.17, 15) is 17.6 Å². The Labute approximate surface area is 213 Å². The SMILES string of the molecule is COc1cc(-c2cccc(F)c2)c(Cl)cc1-n1c(=O)ccc2cc(S(=O)(=O)Nc3nncs3)ccc21. The second kappa shape index (κ2) is 9.34. The quantitative estimate of drug-likeness (QED) is 0.320. The first-order valence-electron chi connectivity index (χ1n) is 10.4. The molecule has 0 bridgehead atoms. The van der Waals surface area contributed by atoms with Crippen molar-refractivity contribution in [1.82, 2.24) is 14.8 Å². The van der Waals surface area contributed by atoms with Gasteiger partial charge in [-0.25, -0.2) is 12.8 Å². The molecule has 2 aromatic heterocycles. The molecular formula is C24H16ClFN4O4S2. The number of fused-ring (bicyclic) bond motifs is 1. The Morgan fingerprint density at radius 1 is 1.08 bits per heavy atom. The molecule has 5 rings (SSSR count). The molecule has 5 aromatic rings. The summed E-state index contributed by atoms with van der Waals surface area (Å²) in [4.78, 5) is 13.0. The molecule has 182 valence electrons. The second-order valence-electron chi connectivity index (χ2n) is 7.59. The molecular weight excluding hydrogens is 527 g/mol. The summed E-state index contributed by atoms with van der Waals surface area (Å²) in [5.74, 6) is -0.0915. The van der Waals surface area contributed by atoms with Crippen molar-refractivity contribution < 1.29 is 17.5 Å². The number of sulfonamides is 1. The van der Waals surface area contributed by atoms with E-state index in [0.29, 0.717) is 33.5 Å². The highest BCUT2D eigenvalue weighted by Gasteiger charge is 2.19. The minimum atomic E-state index is -3.93. The Morgan fingerprint density at radius 2 is 1.92 bits per heavy atom. The number of anilines is 1. The Balaban J connectivity index is 1.65. The van der Waals surface area contributed by atoms with E-state index in [4.69, 9.17) is 16.3 Å². The molecule has 0 radical (unpaired) electrons. The Morgan fingerprint density at radius 3 is 2.64 bits per heavy atom. The van der Waals surface area contributed by atoms with E-state index in [1.165, 1.54) is 59.7 Å². The largest absolute Gasteiger partial charge is 0.495 e. The highest BCUT2D eigenvalue weighted by Crippen LogP contribution is 2.37. The van der Waals surface area contributed by atoms with Crippen LogP contribution in [0.2, 0.25) is 5.02 Å². The van der Waals surface area contributed by atoms with Crippen molar-refractivity contribution in [2.24, 2.45) is 0 Å². The first-order chi connectivity index (χ1) is 17.3. The molecule has 0 aliphatic heterocycles. The first kappa shape index (κ1) is 23.9. The van der Waals surface area contributed by atoms with Crippen LogP contribution >= 0.6 is 22.9 Å². The Bertz CT molecular complexity index is 1770. The highest BCUT2D eigenvalue weighted by atomic mass is 35.5. The van der Waals surface area contributed by atoms with Gasteiger partial charge < -0.3 is 4.74 Å². The van der Waals surface area contributed by atoms with Crippen LogP contribution in [-0.2, 0) is 10.0 Å². The number of pyridine rings is 1. The van der Waals surface area contributed by atoms with E-state index < -0.39 is 15.8 Å². The normalized spacial score (nSPS) is 11.5. The van der Waals surface area contributed by atoms with Crippen molar-refractivity contribution in [1.29, 1.82) is 0 Å². The minimum Gasteiger partial charge on any atom is -0.495 e. The lowest BCUT2D eigenvalue weighted by atomic mass is 10.0. The molecule has 8 nitrogen and oxygen atoms in total. The third kappa shape index (κ3) is 4.43. The van der Waals surface area contributed by atoms with Gasteiger partial charge in [0.1, 0.15) is 17.1 Å². The fraction of sp³-hybridized carbons (Fsp3) is 0.0417. The van der Waals surface area contributed by atoms with Crippen LogP contribution in [0.25, 0.3) is 27.7 Å². The van der Waals surface area contributed by atoms with Crippen molar-refractivity contribution in [3.8, 4) is 22.6 Å². The molecule has 0 atom stereocenters. The van der Waals surface area contributed by atoms with Gasteiger partial charge in [-0.2, -0.15) is 0 Å². The van der Waals surface area contributed by atoms with Gasteiger partial charge in [0, 0.05) is 17.0 Å². The summed E-state index contributed by atoms with van der Waals surface area (Å²) >= 11 is 7.61. The molecule has 0 amide bonds. The lowest BCUT2D eigenvalue weighted by molar-refractivity contribution is 0.413. The predicted molar refractivity (Wildman–Crippen MR) is 137 cm³/mol. The number of benzene rings is 3. The third-order valence-corrected chi connectivity index (χ3v) is 7.79. The number of rotatable bonds is 6. The molecule has 0 unspecified atom stereocenters. The van der Waals surface area contributed by atoms with E-state index in [0.717, 1.165) is 11.3 Å². The summed E-state index contributed by atoms with van der Waals surface area (Å²) in [6.45, 7) is 0. The summed E-state index contributed by atoms with van der Waals surface area (Å²) in [5, 5.41) is 8.23. The van der Waals surface area contributed by atoms with Crippen molar-refractivity contribution >= 4 is 49.0 Å². The zero-order chi connectivity index (χ0) is 25.4. The molecule has 36 heavy (non-hydrogen) atoms. The van der Waals surface area contributed by atoms with Crippen molar-refractivity contribution in [2.45, 2.75) is 4.90 Å². The van der Waals surface area contributed by atoms with Crippen LogP contribution in [-0.4, -0.2) is 30.3 Å². The van der Waals surface area contributed by atoms with Gasteiger partial charge in [-0.1, -0.05) is 35.1 Å². The summed E-state index contributed by atoms with van der Waals surface area (Å²) in [6.07, 6.45) is 0. The molecule has 1 N–H and O–H groups in total. The van der Waals surface area contributed by atoms with Gasteiger partial charge in [0.05, 0.1) is 28.2 Å². The standard InChI is InChI=1S/C24H16ClFN4O4S2/c1-34-22-11-18(14-3-2-4-16(26)9-14)19(25)12-21(22)30-20-7-6-17(10-15(20)5-8-23(30)31)36(32,33)29-24-28-27-13-35-24/h2-13H,1H3,(H,28,29). The lowest BCUT2D eigenvalue weighted by Crippen LogP contribution is -2.19. The van der Waals surface area contributed by atoms with Gasteiger partial charge in [0.15, 0.2) is 0 Å². The fourth-order valence-electron chi connectivity index (χ4n) is 3.79. The number of aromatic nitrogens is 3. The number of nitrogens with zero attached hydrogens (tertiary/aromatic N) is 3. The summed E-state index contributed by atoms with van der Waals surface area (Å²) in [7, 11) is -2.48. The van der Waals surface area contributed by atoms with E-state index in [1.54, 1.807) is 24.3 Å². The van der Waals surface area contributed by atoms with E-state index in [2.05, 4.69) is 14.9 Å². The lowest BCUT2D eigenvalue weighted by Gasteiger charge is -2.17. The number of halogens is 2. The average Bonchev–Trinajstić information content (AvgIpc) is 3.36. The molecule has 0 saturated carbocycles. The molecule has 12 heteroatoms. The molecule has 2 heterocycles. The number of hydrogen-bond acceptors (Lipinski definition) is 7. The maximum atomic E-state index is 13.8. The van der Waals surface area contributed by atoms with Crippen LogP contribution in [0.3, 0.4) is 0 Å². The predicted octanol–water partition coefficient (Wildman–Crippen LogP) is 5.11. The van der Waals surface area contributed by atoms with Crippen LogP contribution in [0.5, 0.6) is 5.75 Å². The van der Waals surface area contributed by atoms with Crippen LogP contribution in [0.4, 0.5) is 9.52 Å². The highest BCUT2D eigenvalue weighted by molar-refractivity contribution is 7.93. The van der Waals surface area contributed by atoms with Crippen LogP contribution in [0, 0.1) is 5.82 Å². The van der Waals surface area contributed by atoms with Crippen molar-refractivity contribution in [3.63, 3.8) is 0 Å². The van der Waals surface area contributed by atoms with Crippen LogP contribution < -0.4 is 15.0 Å². The van der Waals surface area contributed by atoms with Gasteiger partial charge in [-0.3, -0.25) is 14.1 Å². The maximum Gasteiger partial charge on any atom is 0.263 e. The maximum absolute atomic E-state index is 13.8. The zero-order valence-corrected chi connectivity index (χ0v) is 20.9. The summed E-state index contributed by atoms with van der Waals surface area (Å²) < 4.78 is 48.7. The molecule has 3 aromatic carbocycles. The van der Waals surface area contributed by atoms with Crippen molar-refractivity contribution in [3.05, 3.63) is 93.4 Å². The minimum absolute atomic E-state index is 0.0122. The Hall–Kier alpha value is -3.80. The molecule has 0 aliphatic carbocycles. The molecule has 0 saturated heterocycles. The fourth-order valence-corrected chi connectivity index (χ4v) is 5.78. The van der Waals surface area contributed by atoms with Crippen LogP contribution in [0.15, 0.2) is 81.9 Å².